The summed E-state index contributed by atoms with van der Waals surface area (Å²) >= 11 is 1.70. The first-order chi connectivity index (χ1) is 10.2. The zero-order valence-electron chi connectivity index (χ0n) is 12.1. The first-order valence-electron chi connectivity index (χ1n) is 6.83. The summed E-state index contributed by atoms with van der Waals surface area (Å²) in [6.07, 6.45) is 0.730. The number of aliphatic hydroxyl groups excluding tert-OH is 1. The highest BCUT2D eigenvalue weighted by Crippen LogP contribution is 2.22. The molecule has 0 spiro atoms. The Labute approximate surface area is 127 Å². The Morgan fingerprint density at radius 1 is 1.24 bits per heavy atom. The molecule has 0 aliphatic heterocycles. The molecular formula is C16H17N3OS. The fourth-order valence-electron chi connectivity index (χ4n) is 2.35. The topological polar surface area (TPSA) is 50.9 Å². The summed E-state index contributed by atoms with van der Waals surface area (Å²) in [6.45, 7) is 4.03. The van der Waals surface area contributed by atoms with E-state index in [0.717, 1.165) is 23.4 Å². The van der Waals surface area contributed by atoms with E-state index in [-0.39, 0.29) is 6.61 Å². The number of aliphatic hydroxyl groups is 1. The van der Waals surface area contributed by atoms with E-state index in [1.54, 1.807) is 11.3 Å². The molecule has 21 heavy (non-hydrogen) atoms. The van der Waals surface area contributed by atoms with Crippen LogP contribution in [0.15, 0.2) is 35.7 Å². The van der Waals surface area contributed by atoms with Gasteiger partial charge in [0.2, 0.25) is 0 Å². The van der Waals surface area contributed by atoms with Crippen LogP contribution in [-0.4, -0.2) is 20.1 Å². The predicted molar refractivity (Wildman–Crippen MR) is 83.9 cm³/mol. The Hall–Kier alpha value is -1.98. The van der Waals surface area contributed by atoms with E-state index in [1.165, 1.54) is 10.4 Å². The van der Waals surface area contributed by atoms with Gasteiger partial charge in [0.25, 0.3) is 0 Å². The van der Waals surface area contributed by atoms with Crippen molar-refractivity contribution >= 4 is 11.3 Å². The van der Waals surface area contributed by atoms with Crippen LogP contribution in [-0.2, 0) is 13.0 Å². The quantitative estimate of drug-likeness (QED) is 0.805. The molecule has 0 aliphatic carbocycles. The monoisotopic (exact) mass is 299 g/mol. The van der Waals surface area contributed by atoms with E-state index in [9.17, 15) is 5.11 Å². The highest BCUT2D eigenvalue weighted by Gasteiger charge is 2.16. The third kappa shape index (κ3) is 2.75. The number of aryl methyl sites for hydroxylation is 2. The van der Waals surface area contributed by atoms with Crippen LogP contribution in [0.25, 0.3) is 5.69 Å². The van der Waals surface area contributed by atoms with Crippen molar-refractivity contribution in [2.45, 2.75) is 26.9 Å². The first-order valence-corrected chi connectivity index (χ1v) is 7.71. The number of nitrogens with zero attached hydrogens (tertiary/aromatic N) is 3. The van der Waals surface area contributed by atoms with Crippen molar-refractivity contribution in [1.82, 2.24) is 15.0 Å². The molecule has 0 bridgehead atoms. The third-order valence-corrected chi connectivity index (χ3v) is 4.38. The maximum absolute atomic E-state index is 9.52. The van der Waals surface area contributed by atoms with Crippen LogP contribution >= 0.6 is 11.3 Å². The molecular weight excluding hydrogens is 282 g/mol. The van der Waals surface area contributed by atoms with Gasteiger partial charge in [-0.15, -0.1) is 16.4 Å². The molecule has 4 nitrogen and oxygen atoms in total. The smallest absolute Gasteiger partial charge is 0.112 e. The SMILES string of the molecule is Cc1ccc(C)c(-n2nnc(CO)c2Cc2cccs2)c1. The van der Waals surface area contributed by atoms with Crippen LogP contribution in [0.2, 0.25) is 0 Å². The maximum atomic E-state index is 9.52. The van der Waals surface area contributed by atoms with Crippen LogP contribution in [0.3, 0.4) is 0 Å². The van der Waals surface area contributed by atoms with Crippen LogP contribution in [0.4, 0.5) is 0 Å². The zero-order chi connectivity index (χ0) is 14.8. The normalized spacial score (nSPS) is 11.0. The van der Waals surface area contributed by atoms with Crippen molar-refractivity contribution in [1.29, 1.82) is 0 Å². The molecule has 0 saturated carbocycles. The van der Waals surface area contributed by atoms with Crippen molar-refractivity contribution < 1.29 is 5.11 Å². The van der Waals surface area contributed by atoms with Crippen molar-refractivity contribution in [3.8, 4) is 5.69 Å². The van der Waals surface area contributed by atoms with Gasteiger partial charge in [0.1, 0.15) is 5.69 Å². The summed E-state index contributed by atoms with van der Waals surface area (Å²) in [6, 6.07) is 10.4. The van der Waals surface area contributed by atoms with E-state index in [2.05, 4.69) is 53.8 Å². The van der Waals surface area contributed by atoms with Gasteiger partial charge >= 0.3 is 0 Å². The molecule has 0 atom stereocenters. The predicted octanol–water partition coefficient (Wildman–Crippen LogP) is 3.03. The van der Waals surface area contributed by atoms with Gasteiger partial charge in [0, 0.05) is 11.3 Å². The molecule has 0 fully saturated rings. The number of rotatable bonds is 4. The number of hydrogen-bond donors (Lipinski definition) is 1. The minimum Gasteiger partial charge on any atom is -0.390 e. The molecule has 2 heterocycles. The summed E-state index contributed by atoms with van der Waals surface area (Å²) in [5.74, 6) is 0. The van der Waals surface area contributed by atoms with Crippen molar-refractivity contribution in [2.24, 2.45) is 0 Å². The summed E-state index contributed by atoms with van der Waals surface area (Å²) < 4.78 is 1.85. The van der Waals surface area contributed by atoms with Gasteiger partial charge in [-0.2, -0.15) is 0 Å². The van der Waals surface area contributed by atoms with Gasteiger partial charge in [-0.1, -0.05) is 23.4 Å². The molecule has 108 valence electrons. The van der Waals surface area contributed by atoms with Gasteiger partial charge in [0.05, 0.1) is 18.0 Å². The van der Waals surface area contributed by atoms with E-state index in [4.69, 9.17) is 0 Å². The zero-order valence-corrected chi connectivity index (χ0v) is 12.9. The lowest BCUT2D eigenvalue weighted by Crippen LogP contribution is -2.06. The number of aromatic nitrogens is 3. The van der Waals surface area contributed by atoms with Gasteiger partial charge in [-0.05, 0) is 42.5 Å². The summed E-state index contributed by atoms with van der Waals surface area (Å²) in [7, 11) is 0. The van der Waals surface area contributed by atoms with E-state index < -0.39 is 0 Å². The minimum atomic E-state index is -0.0917. The lowest BCUT2D eigenvalue weighted by Gasteiger charge is -2.10. The lowest BCUT2D eigenvalue weighted by atomic mass is 10.1. The molecule has 0 aliphatic rings. The molecule has 0 radical (unpaired) electrons. The second kappa shape index (κ2) is 5.79. The minimum absolute atomic E-state index is 0.0917. The Kier molecular flexibility index (Phi) is 3.86. The molecule has 5 heteroatoms. The maximum Gasteiger partial charge on any atom is 0.112 e. The fraction of sp³-hybridized carbons (Fsp3) is 0.250. The molecule has 0 saturated heterocycles. The lowest BCUT2D eigenvalue weighted by molar-refractivity contribution is 0.275. The second-order valence-corrected chi connectivity index (χ2v) is 6.13. The molecule has 0 amide bonds. The second-order valence-electron chi connectivity index (χ2n) is 5.10. The van der Waals surface area contributed by atoms with Crippen molar-refractivity contribution in [2.75, 3.05) is 0 Å². The van der Waals surface area contributed by atoms with Crippen LogP contribution in [0.5, 0.6) is 0 Å². The molecule has 3 rings (SSSR count). The van der Waals surface area contributed by atoms with E-state index in [1.807, 2.05) is 10.7 Å². The molecule has 1 N–H and O–H groups in total. The van der Waals surface area contributed by atoms with Crippen molar-refractivity contribution in [3.05, 3.63) is 63.1 Å². The largest absolute Gasteiger partial charge is 0.390 e. The molecule has 0 unspecified atom stereocenters. The standard InChI is InChI=1S/C16H17N3OS/c1-11-5-6-12(2)15(8-11)19-16(14(10-20)17-18-19)9-13-4-3-7-21-13/h3-8,20H,9-10H2,1-2H3. The van der Waals surface area contributed by atoms with Crippen molar-refractivity contribution in [3.63, 3.8) is 0 Å². The Balaban J connectivity index is 2.10. The highest BCUT2D eigenvalue weighted by molar-refractivity contribution is 7.09. The first kappa shape index (κ1) is 14.0. The van der Waals surface area contributed by atoms with Crippen LogP contribution in [0.1, 0.15) is 27.4 Å². The number of thiophene rings is 1. The third-order valence-electron chi connectivity index (χ3n) is 3.51. The number of benzene rings is 1. The Morgan fingerprint density at radius 2 is 2.10 bits per heavy atom. The summed E-state index contributed by atoms with van der Waals surface area (Å²) in [5, 5.41) is 20.0. The Morgan fingerprint density at radius 3 is 2.81 bits per heavy atom. The average Bonchev–Trinajstić information content (AvgIpc) is 3.12. The van der Waals surface area contributed by atoms with E-state index >= 15 is 0 Å². The Bertz CT molecular complexity index is 747. The van der Waals surface area contributed by atoms with Gasteiger partial charge in [-0.3, -0.25) is 0 Å². The van der Waals surface area contributed by atoms with Crippen LogP contribution < -0.4 is 0 Å². The molecule has 3 aromatic rings. The number of hydrogen-bond acceptors (Lipinski definition) is 4. The van der Waals surface area contributed by atoms with Gasteiger partial charge in [0.15, 0.2) is 0 Å². The molecule has 1 aromatic carbocycles. The fourth-order valence-corrected chi connectivity index (χ4v) is 3.06. The average molecular weight is 299 g/mol. The van der Waals surface area contributed by atoms with Crippen LogP contribution in [0, 0.1) is 13.8 Å². The van der Waals surface area contributed by atoms with Gasteiger partial charge in [-0.25, -0.2) is 4.68 Å². The van der Waals surface area contributed by atoms with E-state index in [0.29, 0.717) is 5.69 Å². The summed E-state index contributed by atoms with van der Waals surface area (Å²) in [5.41, 5.74) is 4.94. The summed E-state index contributed by atoms with van der Waals surface area (Å²) in [4.78, 5) is 1.23. The highest BCUT2D eigenvalue weighted by atomic mass is 32.1. The molecule has 2 aromatic heterocycles. The van der Waals surface area contributed by atoms with Gasteiger partial charge < -0.3 is 5.11 Å².